The van der Waals surface area contributed by atoms with E-state index in [1.54, 1.807) is 12.1 Å². The van der Waals surface area contributed by atoms with Crippen LogP contribution in [0, 0.1) is 0 Å². The molecule has 2 N–H and O–H groups in total. The van der Waals surface area contributed by atoms with Crippen molar-refractivity contribution in [1.29, 1.82) is 0 Å². The largest absolute Gasteiger partial charge is 0.494 e. The zero-order valence-corrected chi connectivity index (χ0v) is 21.2. The van der Waals surface area contributed by atoms with Gasteiger partial charge in [0.1, 0.15) is 12.4 Å². The Morgan fingerprint density at radius 1 is 0.973 bits per heavy atom. The van der Waals surface area contributed by atoms with E-state index in [4.69, 9.17) is 9.47 Å². The SMILES string of the molecule is CCOc1ccc(COC(=O)N[C@@H]2CCCC[C@H]2N[C@H]2CCCN(c3ccc(C(F)(F)F)cc3)C2)cc1. The Morgan fingerprint density at radius 3 is 2.35 bits per heavy atom. The number of nitrogens with zero attached hydrogens (tertiary/aromatic N) is 1. The molecule has 3 atom stereocenters. The molecule has 0 aromatic heterocycles. The van der Waals surface area contributed by atoms with Crippen molar-refractivity contribution in [3.8, 4) is 5.75 Å². The zero-order chi connectivity index (χ0) is 26.3. The smallest absolute Gasteiger partial charge is 0.416 e. The van der Waals surface area contributed by atoms with Gasteiger partial charge in [0, 0.05) is 36.9 Å². The topological polar surface area (TPSA) is 62.8 Å². The van der Waals surface area contributed by atoms with Crippen LogP contribution in [-0.4, -0.2) is 43.9 Å². The summed E-state index contributed by atoms with van der Waals surface area (Å²) in [5.41, 5.74) is 1.06. The number of ether oxygens (including phenoxy) is 2. The maximum atomic E-state index is 12.9. The number of carbonyl (C=O) groups excluding carboxylic acids is 1. The molecule has 6 nitrogen and oxygen atoms in total. The van der Waals surface area contributed by atoms with Crippen LogP contribution in [0.15, 0.2) is 48.5 Å². The number of nitrogens with one attached hydrogen (secondary N) is 2. The summed E-state index contributed by atoms with van der Waals surface area (Å²) in [6.07, 6.45) is 1.16. The molecule has 9 heteroatoms. The molecule has 1 heterocycles. The Bertz CT molecular complexity index is 998. The van der Waals surface area contributed by atoms with E-state index in [0.717, 1.165) is 80.7 Å². The van der Waals surface area contributed by atoms with Crippen molar-refractivity contribution in [2.75, 3.05) is 24.6 Å². The minimum absolute atomic E-state index is 0.0250. The van der Waals surface area contributed by atoms with Gasteiger partial charge in [-0.05, 0) is 74.6 Å². The molecule has 4 rings (SSSR count). The van der Waals surface area contributed by atoms with Gasteiger partial charge in [0.05, 0.1) is 12.2 Å². The maximum Gasteiger partial charge on any atom is 0.416 e. The lowest BCUT2D eigenvalue weighted by atomic mass is 9.89. The first-order valence-electron chi connectivity index (χ1n) is 13.1. The maximum absolute atomic E-state index is 12.9. The lowest BCUT2D eigenvalue weighted by Gasteiger charge is -2.40. The molecule has 2 fully saturated rings. The van der Waals surface area contributed by atoms with E-state index in [1.165, 1.54) is 0 Å². The lowest BCUT2D eigenvalue weighted by Crippen LogP contribution is -2.57. The third-order valence-corrected chi connectivity index (χ3v) is 7.10. The van der Waals surface area contributed by atoms with Crippen LogP contribution in [0.3, 0.4) is 0 Å². The van der Waals surface area contributed by atoms with Gasteiger partial charge in [-0.3, -0.25) is 0 Å². The van der Waals surface area contributed by atoms with Crippen molar-refractivity contribution in [3.63, 3.8) is 0 Å². The van der Waals surface area contributed by atoms with Gasteiger partial charge >= 0.3 is 12.3 Å². The summed E-state index contributed by atoms with van der Waals surface area (Å²) in [6.45, 7) is 4.25. The number of piperidine rings is 1. The highest BCUT2D eigenvalue weighted by molar-refractivity contribution is 5.67. The Morgan fingerprint density at radius 2 is 1.68 bits per heavy atom. The predicted octanol–water partition coefficient (Wildman–Crippen LogP) is 5.90. The number of alkyl halides is 3. The fraction of sp³-hybridized carbons (Fsp3) is 0.536. The molecule has 1 saturated heterocycles. The summed E-state index contributed by atoms with van der Waals surface area (Å²) >= 11 is 0. The number of alkyl carbamates (subject to hydrolysis) is 1. The molecule has 37 heavy (non-hydrogen) atoms. The molecule has 2 aliphatic rings. The van der Waals surface area contributed by atoms with Crippen LogP contribution in [0.25, 0.3) is 0 Å². The molecule has 1 aliphatic heterocycles. The van der Waals surface area contributed by atoms with Crippen molar-refractivity contribution in [2.45, 2.75) is 76.4 Å². The molecule has 2 aromatic rings. The Hall–Kier alpha value is -2.94. The van der Waals surface area contributed by atoms with Crippen molar-refractivity contribution in [3.05, 3.63) is 59.7 Å². The second-order valence-corrected chi connectivity index (χ2v) is 9.79. The summed E-state index contributed by atoms with van der Waals surface area (Å²) in [4.78, 5) is 14.7. The summed E-state index contributed by atoms with van der Waals surface area (Å²) < 4.78 is 49.7. The van der Waals surface area contributed by atoms with Gasteiger partial charge in [-0.1, -0.05) is 25.0 Å². The highest BCUT2D eigenvalue weighted by Crippen LogP contribution is 2.31. The van der Waals surface area contributed by atoms with E-state index in [0.29, 0.717) is 6.61 Å². The molecule has 1 amide bonds. The average molecular weight is 520 g/mol. The minimum atomic E-state index is -4.33. The van der Waals surface area contributed by atoms with Gasteiger partial charge in [0.25, 0.3) is 0 Å². The molecule has 1 aliphatic carbocycles. The van der Waals surface area contributed by atoms with Crippen LogP contribution in [0.2, 0.25) is 0 Å². The van der Waals surface area contributed by atoms with Gasteiger partial charge in [-0.2, -0.15) is 13.2 Å². The number of carbonyl (C=O) groups is 1. The van der Waals surface area contributed by atoms with E-state index in [9.17, 15) is 18.0 Å². The zero-order valence-electron chi connectivity index (χ0n) is 21.2. The van der Waals surface area contributed by atoms with Crippen molar-refractivity contribution in [1.82, 2.24) is 10.6 Å². The van der Waals surface area contributed by atoms with E-state index in [1.807, 2.05) is 31.2 Å². The average Bonchev–Trinajstić information content (AvgIpc) is 2.89. The summed E-state index contributed by atoms with van der Waals surface area (Å²) in [5.74, 6) is 0.784. The van der Waals surface area contributed by atoms with Crippen molar-refractivity contribution >= 4 is 11.8 Å². The standard InChI is InChI=1S/C28H36F3N3O3/c1-2-36-24-15-9-20(10-16-24)19-37-27(35)33-26-8-4-3-7-25(26)32-22-6-5-17-34(18-22)23-13-11-21(12-14-23)28(29,30)31/h9-16,22,25-26,32H,2-8,17-19H2,1H3,(H,33,35)/t22-,25+,26+/m0/s1. The van der Waals surface area contributed by atoms with E-state index in [2.05, 4.69) is 15.5 Å². The Balaban J connectivity index is 1.28. The van der Waals surface area contributed by atoms with Crippen LogP contribution < -0.4 is 20.3 Å². The molecule has 202 valence electrons. The number of halogens is 3. The van der Waals surface area contributed by atoms with Crippen molar-refractivity contribution < 1.29 is 27.4 Å². The first kappa shape index (κ1) is 27.1. The first-order valence-corrected chi connectivity index (χ1v) is 13.1. The molecule has 0 bridgehead atoms. The van der Waals surface area contributed by atoms with Crippen LogP contribution >= 0.6 is 0 Å². The Labute approximate surface area is 216 Å². The van der Waals surface area contributed by atoms with Crippen LogP contribution in [0.4, 0.5) is 23.7 Å². The van der Waals surface area contributed by atoms with E-state index >= 15 is 0 Å². The third kappa shape index (κ3) is 7.77. The van der Waals surface area contributed by atoms with E-state index < -0.39 is 17.8 Å². The Kier molecular flexibility index (Phi) is 9.18. The number of benzene rings is 2. The summed E-state index contributed by atoms with van der Waals surface area (Å²) in [5, 5.41) is 6.79. The number of amides is 1. The second-order valence-electron chi connectivity index (χ2n) is 9.79. The second kappa shape index (κ2) is 12.5. The lowest BCUT2D eigenvalue weighted by molar-refractivity contribution is -0.137. The van der Waals surface area contributed by atoms with Crippen LogP contribution in [-0.2, 0) is 17.5 Å². The van der Waals surface area contributed by atoms with Crippen LogP contribution in [0.5, 0.6) is 5.75 Å². The monoisotopic (exact) mass is 519 g/mol. The predicted molar refractivity (Wildman–Crippen MR) is 137 cm³/mol. The van der Waals surface area contributed by atoms with Crippen molar-refractivity contribution in [2.24, 2.45) is 0 Å². The number of rotatable bonds is 8. The minimum Gasteiger partial charge on any atom is -0.494 e. The van der Waals surface area contributed by atoms with Gasteiger partial charge in [0.15, 0.2) is 0 Å². The normalized spacial score (nSPS) is 22.4. The quantitative estimate of drug-likeness (QED) is 0.455. The summed E-state index contributed by atoms with van der Waals surface area (Å²) in [6, 6.07) is 13.2. The summed E-state index contributed by atoms with van der Waals surface area (Å²) in [7, 11) is 0. The third-order valence-electron chi connectivity index (χ3n) is 7.10. The highest BCUT2D eigenvalue weighted by Gasteiger charge is 2.32. The molecule has 1 saturated carbocycles. The highest BCUT2D eigenvalue weighted by atomic mass is 19.4. The van der Waals surface area contributed by atoms with Gasteiger partial charge in [-0.15, -0.1) is 0 Å². The molecule has 2 aromatic carbocycles. The first-order chi connectivity index (χ1) is 17.8. The fourth-order valence-electron chi connectivity index (χ4n) is 5.21. The molecule has 0 spiro atoms. The van der Waals surface area contributed by atoms with Gasteiger partial charge in [-0.25, -0.2) is 4.79 Å². The molecule has 0 unspecified atom stereocenters. The van der Waals surface area contributed by atoms with E-state index in [-0.39, 0.29) is 24.7 Å². The number of anilines is 1. The van der Waals surface area contributed by atoms with Gasteiger partial charge in [0.2, 0.25) is 0 Å². The number of hydrogen-bond acceptors (Lipinski definition) is 5. The van der Waals surface area contributed by atoms with Gasteiger partial charge < -0.3 is 25.0 Å². The molecular weight excluding hydrogens is 483 g/mol. The number of hydrogen-bond donors (Lipinski definition) is 2. The molecule has 0 radical (unpaired) electrons. The van der Waals surface area contributed by atoms with Crippen LogP contribution in [0.1, 0.15) is 56.6 Å². The molecular formula is C28H36F3N3O3. The fourth-order valence-corrected chi connectivity index (χ4v) is 5.21.